The van der Waals surface area contributed by atoms with Gasteiger partial charge in [-0.05, 0) is 55.7 Å². The molecule has 1 saturated heterocycles. The zero-order valence-electron chi connectivity index (χ0n) is 15.8. The van der Waals surface area contributed by atoms with E-state index < -0.39 is 16.1 Å². The van der Waals surface area contributed by atoms with E-state index in [-0.39, 0.29) is 22.2 Å². The molecule has 0 aromatic heterocycles. The lowest BCUT2D eigenvalue weighted by molar-refractivity contribution is 0.0789. The third kappa shape index (κ3) is 4.34. The highest BCUT2D eigenvalue weighted by molar-refractivity contribution is 7.89. The molecule has 0 unspecified atom stereocenters. The molecule has 1 amide bonds. The first-order valence-corrected chi connectivity index (χ1v) is 10.6. The molecular weight excluding hydrogens is 383 g/mol. The molecule has 0 saturated carbocycles. The van der Waals surface area contributed by atoms with Crippen molar-refractivity contribution in [2.75, 3.05) is 20.2 Å². The Morgan fingerprint density at radius 2 is 1.79 bits per heavy atom. The molecule has 8 heteroatoms. The van der Waals surface area contributed by atoms with E-state index in [1.165, 1.54) is 49.6 Å². The fraction of sp³-hybridized carbons (Fsp3) is 0.350. The Labute approximate surface area is 164 Å². The van der Waals surface area contributed by atoms with Gasteiger partial charge in [0.15, 0.2) is 0 Å². The standard InChI is InChI=1S/C20H23FN2O4S/c1-14(15-5-7-16(21)8-6-15)22-28(25,26)17-9-10-19(27-2)18(13-17)20(24)23-11-3-4-12-23/h5-10,13-14,22H,3-4,11-12H2,1-2H3/t14-/m1/s1. The molecular formula is C20H23FN2O4S. The number of likely N-dealkylation sites (tertiary alicyclic amines) is 1. The van der Waals surface area contributed by atoms with Gasteiger partial charge in [0.25, 0.3) is 5.91 Å². The number of methoxy groups -OCH3 is 1. The molecule has 2 aromatic rings. The summed E-state index contributed by atoms with van der Waals surface area (Å²) in [5, 5.41) is 0. The van der Waals surface area contributed by atoms with Gasteiger partial charge in [-0.2, -0.15) is 0 Å². The lowest BCUT2D eigenvalue weighted by atomic mass is 10.1. The highest BCUT2D eigenvalue weighted by Crippen LogP contribution is 2.26. The second-order valence-electron chi connectivity index (χ2n) is 6.76. The number of carbonyl (C=O) groups is 1. The maximum absolute atomic E-state index is 13.1. The number of amides is 1. The minimum absolute atomic E-state index is 0.0233. The maximum Gasteiger partial charge on any atom is 0.257 e. The van der Waals surface area contributed by atoms with Crippen LogP contribution in [-0.4, -0.2) is 39.4 Å². The number of nitrogens with zero attached hydrogens (tertiary/aromatic N) is 1. The Bertz CT molecular complexity index is 955. The third-order valence-corrected chi connectivity index (χ3v) is 6.35. The van der Waals surface area contributed by atoms with Crippen LogP contribution in [0.4, 0.5) is 4.39 Å². The van der Waals surface area contributed by atoms with Gasteiger partial charge in [-0.25, -0.2) is 17.5 Å². The summed E-state index contributed by atoms with van der Waals surface area (Å²) in [6, 6.07) is 9.28. The van der Waals surface area contributed by atoms with E-state index in [1.54, 1.807) is 11.8 Å². The molecule has 1 fully saturated rings. The first-order chi connectivity index (χ1) is 13.3. The van der Waals surface area contributed by atoms with E-state index in [1.807, 2.05) is 0 Å². The van der Waals surface area contributed by atoms with Crippen molar-refractivity contribution in [1.29, 1.82) is 0 Å². The Kier molecular flexibility index (Phi) is 6.00. The number of nitrogens with one attached hydrogen (secondary N) is 1. The molecule has 6 nitrogen and oxygen atoms in total. The van der Waals surface area contributed by atoms with E-state index in [9.17, 15) is 17.6 Å². The molecule has 150 valence electrons. The molecule has 1 heterocycles. The lowest BCUT2D eigenvalue weighted by Gasteiger charge is -2.19. The zero-order valence-corrected chi connectivity index (χ0v) is 16.6. The van der Waals surface area contributed by atoms with E-state index in [0.29, 0.717) is 24.4 Å². The Morgan fingerprint density at radius 3 is 2.39 bits per heavy atom. The number of ether oxygens (including phenoxy) is 1. The summed E-state index contributed by atoms with van der Waals surface area (Å²) in [7, 11) is -2.45. The van der Waals surface area contributed by atoms with Gasteiger partial charge < -0.3 is 9.64 Å². The van der Waals surface area contributed by atoms with Crippen LogP contribution in [0, 0.1) is 5.82 Å². The topological polar surface area (TPSA) is 75.7 Å². The van der Waals surface area contributed by atoms with Gasteiger partial charge in [0.2, 0.25) is 10.0 Å². The average Bonchev–Trinajstić information content (AvgIpc) is 3.21. The van der Waals surface area contributed by atoms with E-state index in [0.717, 1.165) is 12.8 Å². The fourth-order valence-electron chi connectivity index (χ4n) is 3.23. The predicted octanol–water partition coefficient (Wildman–Crippen LogP) is 3.11. The predicted molar refractivity (Wildman–Crippen MR) is 103 cm³/mol. The molecule has 0 aliphatic carbocycles. The molecule has 0 spiro atoms. The Hall–Kier alpha value is -2.45. The van der Waals surface area contributed by atoms with Crippen molar-refractivity contribution in [3.63, 3.8) is 0 Å². The molecule has 0 radical (unpaired) electrons. The first-order valence-electron chi connectivity index (χ1n) is 9.07. The van der Waals surface area contributed by atoms with Crippen LogP contribution in [0.15, 0.2) is 47.4 Å². The summed E-state index contributed by atoms with van der Waals surface area (Å²) in [6.45, 7) is 2.97. The van der Waals surface area contributed by atoms with Crippen LogP contribution < -0.4 is 9.46 Å². The van der Waals surface area contributed by atoms with Crippen molar-refractivity contribution in [1.82, 2.24) is 9.62 Å². The Balaban J connectivity index is 1.87. The SMILES string of the molecule is COc1ccc(S(=O)(=O)N[C@H](C)c2ccc(F)cc2)cc1C(=O)N1CCCC1. The number of sulfonamides is 1. The summed E-state index contributed by atoms with van der Waals surface area (Å²) in [5.41, 5.74) is 0.855. The highest BCUT2D eigenvalue weighted by atomic mass is 32.2. The quantitative estimate of drug-likeness (QED) is 0.800. The van der Waals surface area contributed by atoms with Crippen LogP contribution >= 0.6 is 0 Å². The van der Waals surface area contributed by atoms with Crippen molar-refractivity contribution >= 4 is 15.9 Å². The van der Waals surface area contributed by atoms with E-state index in [4.69, 9.17) is 4.74 Å². The number of carbonyl (C=O) groups excluding carboxylic acids is 1. The highest BCUT2D eigenvalue weighted by Gasteiger charge is 2.26. The largest absolute Gasteiger partial charge is 0.496 e. The number of hydrogen-bond donors (Lipinski definition) is 1. The molecule has 2 aromatic carbocycles. The van der Waals surface area contributed by atoms with Gasteiger partial charge in [-0.15, -0.1) is 0 Å². The van der Waals surface area contributed by atoms with Crippen molar-refractivity contribution < 1.29 is 22.3 Å². The molecule has 0 bridgehead atoms. The fourth-order valence-corrected chi connectivity index (χ4v) is 4.49. The van der Waals surface area contributed by atoms with Gasteiger partial charge in [-0.3, -0.25) is 4.79 Å². The van der Waals surface area contributed by atoms with Gasteiger partial charge in [0.1, 0.15) is 11.6 Å². The van der Waals surface area contributed by atoms with E-state index in [2.05, 4.69) is 4.72 Å². The summed E-state index contributed by atoms with van der Waals surface area (Å²) in [4.78, 5) is 14.5. The summed E-state index contributed by atoms with van der Waals surface area (Å²) < 4.78 is 46.6. The minimum Gasteiger partial charge on any atom is -0.496 e. The molecule has 28 heavy (non-hydrogen) atoms. The summed E-state index contributed by atoms with van der Waals surface area (Å²) >= 11 is 0. The van der Waals surface area contributed by atoms with Crippen molar-refractivity contribution in [2.24, 2.45) is 0 Å². The second-order valence-corrected chi connectivity index (χ2v) is 8.47. The van der Waals surface area contributed by atoms with E-state index >= 15 is 0 Å². The summed E-state index contributed by atoms with van der Waals surface area (Å²) in [6.07, 6.45) is 1.87. The smallest absolute Gasteiger partial charge is 0.257 e. The van der Waals surface area contributed by atoms with Gasteiger partial charge in [0, 0.05) is 19.1 Å². The first kappa shape index (κ1) is 20.3. The van der Waals surface area contributed by atoms with Crippen molar-refractivity contribution in [3.05, 3.63) is 59.4 Å². The zero-order chi connectivity index (χ0) is 20.3. The molecule has 1 aliphatic heterocycles. The third-order valence-electron chi connectivity index (χ3n) is 4.81. The average molecular weight is 406 g/mol. The second kappa shape index (κ2) is 8.28. The molecule has 1 aliphatic rings. The van der Waals surface area contributed by atoms with Gasteiger partial charge in [0.05, 0.1) is 17.6 Å². The number of benzene rings is 2. The maximum atomic E-state index is 13.1. The van der Waals surface area contributed by atoms with Crippen LogP contribution in [0.5, 0.6) is 5.75 Å². The minimum atomic E-state index is -3.89. The monoisotopic (exact) mass is 406 g/mol. The van der Waals surface area contributed by atoms with Crippen LogP contribution in [0.2, 0.25) is 0 Å². The normalized spacial score (nSPS) is 15.5. The molecule has 1 atom stereocenters. The van der Waals surface area contributed by atoms with Crippen molar-refractivity contribution in [2.45, 2.75) is 30.7 Å². The van der Waals surface area contributed by atoms with Crippen LogP contribution in [0.3, 0.4) is 0 Å². The summed E-state index contributed by atoms with van der Waals surface area (Å²) in [5.74, 6) is -0.292. The van der Waals surface area contributed by atoms with Gasteiger partial charge in [-0.1, -0.05) is 12.1 Å². The number of rotatable bonds is 6. The van der Waals surface area contributed by atoms with Crippen molar-refractivity contribution in [3.8, 4) is 5.75 Å². The number of hydrogen-bond acceptors (Lipinski definition) is 4. The number of halogens is 1. The van der Waals surface area contributed by atoms with Crippen LogP contribution in [0.1, 0.15) is 41.7 Å². The van der Waals surface area contributed by atoms with Crippen LogP contribution in [0.25, 0.3) is 0 Å². The van der Waals surface area contributed by atoms with Gasteiger partial charge >= 0.3 is 0 Å². The van der Waals surface area contributed by atoms with Crippen LogP contribution in [-0.2, 0) is 10.0 Å². The molecule has 1 N–H and O–H groups in total. The lowest BCUT2D eigenvalue weighted by Crippen LogP contribution is -2.29. The molecule has 3 rings (SSSR count). The Morgan fingerprint density at radius 1 is 1.14 bits per heavy atom.